The van der Waals surface area contributed by atoms with Gasteiger partial charge in [-0.1, -0.05) is 13.3 Å². The summed E-state index contributed by atoms with van der Waals surface area (Å²) in [6, 6.07) is -1.09. The van der Waals surface area contributed by atoms with Crippen LogP contribution in [0.5, 0.6) is 0 Å². The van der Waals surface area contributed by atoms with Crippen molar-refractivity contribution in [3.05, 3.63) is 0 Å². The fourth-order valence-electron chi connectivity index (χ4n) is 1.01. The van der Waals surface area contributed by atoms with Crippen molar-refractivity contribution in [3.63, 3.8) is 0 Å². The van der Waals surface area contributed by atoms with Crippen molar-refractivity contribution in [1.29, 1.82) is 0 Å². The van der Waals surface area contributed by atoms with Crippen LogP contribution in [0.2, 0.25) is 0 Å². The summed E-state index contributed by atoms with van der Waals surface area (Å²) in [7, 11) is 0. The van der Waals surface area contributed by atoms with Gasteiger partial charge in [-0.25, -0.2) is 10.3 Å². The Morgan fingerprint density at radius 1 is 1.36 bits per heavy atom. The largest absolute Gasteiger partial charge is 0.338 e. The molecule has 0 saturated carbocycles. The number of nitrogens with one attached hydrogen (secondary N) is 3. The molecule has 6 heteroatoms. The maximum absolute atomic E-state index is 11.1. The standard InChI is InChI=1S/C8H17N3O3/c1-3-5-6(7(12)11-14)10-8(13)9-4-2/h6,14H,3-5H2,1-2H3,(H,11,12)(H2,9,10,13). The summed E-state index contributed by atoms with van der Waals surface area (Å²) in [5.74, 6) is -0.599. The first-order valence-electron chi connectivity index (χ1n) is 4.64. The van der Waals surface area contributed by atoms with E-state index in [0.29, 0.717) is 13.0 Å². The molecule has 0 aromatic carbocycles. The van der Waals surface area contributed by atoms with Gasteiger partial charge < -0.3 is 10.6 Å². The first kappa shape index (κ1) is 12.7. The van der Waals surface area contributed by atoms with Crippen molar-refractivity contribution in [2.24, 2.45) is 0 Å². The van der Waals surface area contributed by atoms with Gasteiger partial charge in [-0.2, -0.15) is 0 Å². The second-order valence-corrected chi connectivity index (χ2v) is 2.82. The van der Waals surface area contributed by atoms with E-state index < -0.39 is 18.0 Å². The van der Waals surface area contributed by atoms with Gasteiger partial charge in [0.25, 0.3) is 5.91 Å². The van der Waals surface area contributed by atoms with E-state index in [1.165, 1.54) is 5.48 Å². The topological polar surface area (TPSA) is 90.5 Å². The summed E-state index contributed by atoms with van der Waals surface area (Å²) >= 11 is 0. The van der Waals surface area contributed by atoms with Crippen LogP contribution in [0.15, 0.2) is 0 Å². The molecule has 0 spiro atoms. The van der Waals surface area contributed by atoms with Gasteiger partial charge in [0.1, 0.15) is 6.04 Å². The Hall–Kier alpha value is -1.30. The average molecular weight is 203 g/mol. The molecule has 0 aliphatic carbocycles. The van der Waals surface area contributed by atoms with Crippen molar-refractivity contribution in [2.75, 3.05) is 6.54 Å². The molecule has 0 aromatic heterocycles. The van der Waals surface area contributed by atoms with Crippen LogP contribution in [0, 0.1) is 0 Å². The van der Waals surface area contributed by atoms with E-state index in [1.807, 2.05) is 6.92 Å². The van der Waals surface area contributed by atoms with Crippen molar-refractivity contribution in [3.8, 4) is 0 Å². The van der Waals surface area contributed by atoms with Gasteiger partial charge >= 0.3 is 6.03 Å². The minimum absolute atomic E-state index is 0.408. The fourth-order valence-corrected chi connectivity index (χ4v) is 1.01. The molecule has 14 heavy (non-hydrogen) atoms. The predicted octanol–water partition coefficient (Wildman–Crippen LogP) is -0.0204. The van der Waals surface area contributed by atoms with Gasteiger partial charge in [0.05, 0.1) is 0 Å². The van der Waals surface area contributed by atoms with Gasteiger partial charge in [0, 0.05) is 6.54 Å². The lowest BCUT2D eigenvalue weighted by Gasteiger charge is -2.15. The molecule has 0 fully saturated rings. The summed E-state index contributed by atoms with van der Waals surface area (Å²) in [4.78, 5) is 22.1. The van der Waals surface area contributed by atoms with Crippen LogP contribution >= 0.6 is 0 Å². The van der Waals surface area contributed by atoms with Crippen molar-refractivity contribution >= 4 is 11.9 Å². The highest BCUT2D eigenvalue weighted by Crippen LogP contribution is 1.96. The number of carbonyl (C=O) groups is 2. The number of carbonyl (C=O) groups excluding carboxylic acids is 2. The quantitative estimate of drug-likeness (QED) is 0.374. The summed E-state index contributed by atoms with van der Waals surface area (Å²) in [5.41, 5.74) is 1.52. The smallest absolute Gasteiger partial charge is 0.315 e. The predicted molar refractivity (Wildman–Crippen MR) is 50.8 cm³/mol. The van der Waals surface area contributed by atoms with Crippen LogP contribution in [-0.2, 0) is 4.79 Å². The van der Waals surface area contributed by atoms with Gasteiger partial charge in [0.2, 0.25) is 0 Å². The number of rotatable bonds is 5. The lowest BCUT2D eigenvalue weighted by atomic mass is 10.1. The zero-order chi connectivity index (χ0) is 11.0. The SMILES string of the molecule is CCCC(NC(=O)NCC)C(=O)NO. The third-order valence-electron chi connectivity index (χ3n) is 1.65. The Kier molecular flexibility index (Phi) is 6.47. The molecule has 82 valence electrons. The van der Waals surface area contributed by atoms with Gasteiger partial charge in [-0.15, -0.1) is 0 Å². The molecule has 1 unspecified atom stereocenters. The Morgan fingerprint density at radius 3 is 2.43 bits per heavy atom. The second kappa shape index (κ2) is 7.14. The van der Waals surface area contributed by atoms with E-state index in [2.05, 4.69) is 10.6 Å². The van der Waals surface area contributed by atoms with E-state index in [0.717, 1.165) is 6.42 Å². The number of amides is 3. The normalized spacial score (nSPS) is 11.6. The maximum atomic E-state index is 11.1. The fraction of sp³-hybridized carbons (Fsp3) is 0.750. The molecule has 0 aromatic rings. The highest BCUT2D eigenvalue weighted by Gasteiger charge is 2.18. The number of hydroxylamine groups is 1. The minimum Gasteiger partial charge on any atom is -0.338 e. The Morgan fingerprint density at radius 2 is 2.00 bits per heavy atom. The van der Waals surface area contributed by atoms with Crippen LogP contribution in [0.4, 0.5) is 4.79 Å². The summed E-state index contributed by atoms with van der Waals surface area (Å²) < 4.78 is 0. The van der Waals surface area contributed by atoms with E-state index in [9.17, 15) is 9.59 Å². The third-order valence-corrected chi connectivity index (χ3v) is 1.65. The molecular formula is C8H17N3O3. The van der Waals surface area contributed by atoms with E-state index >= 15 is 0 Å². The number of hydrogen-bond donors (Lipinski definition) is 4. The van der Waals surface area contributed by atoms with E-state index in [-0.39, 0.29) is 0 Å². The highest BCUT2D eigenvalue weighted by molar-refractivity contribution is 5.86. The van der Waals surface area contributed by atoms with Crippen molar-refractivity contribution in [1.82, 2.24) is 16.1 Å². The van der Waals surface area contributed by atoms with Crippen LogP contribution in [-0.4, -0.2) is 29.7 Å². The molecule has 0 radical (unpaired) electrons. The third kappa shape index (κ3) is 4.66. The Labute approximate surface area is 83.0 Å². The summed E-state index contributed by atoms with van der Waals surface area (Å²) in [6.07, 6.45) is 1.23. The van der Waals surface area contributed by atoms with Crippen molar-refractivity contribution < 1.29 is 14.8 Å². The molecule has 4 N–H and O–H groups in total. The van der Waals surface area contributed by atoms with Crippen LogP contribution in [0.3, 0.4) is 0 Å². The molecule has 0 bridgehead atoms. The molecule has 0 heterocycles. The maximum Gasteiger partial charge on any atom is 0.315 e. The first-order chi connectivity index (χ1) is 6.65. The minimum atomic E-state index is -0.684. The Bertz CT molecular complexity index is 196. The Balaban J connectivity index is 4.08. The van der Waals surface area contributed by atoms with E-state index in [4.69, 9.17) is 5.21 Å². The zero-order valence-corrected chi connectivity index (χ0v) is 8.46. The van der Waals surface area contributed by atoms with Gasteiger partial charge in [-0.05, 0) is 13.3 Å². The van der Waals surface area contributed by atoms with Crippen molar-refractivity contribution in [2.45, 2.75) is 32.7 Å². The molecule has 6 nitrogen and oxygen atoms in total. The number of urea groups is 1. The zero-order valence-electron chi connectivity index (χ0n) is 8.46. The lowest BCUT2D eigenvalue weighted by molar-refractivity contribution is -0.131. The highest BCUT2D eigenvalue weighted by atomic mass is 16.5. The lowest BCUT2D eigenvalue weighted by Crippen LogP contribution is -2.49. The monoisotopic (exact) mass is 203 g/mol. The van der Waals surface area contributed by atoms with Crippen LogP contribution < -0.4 is 16.1 Å². The van der Waals surface area contributed by atoms with Crippen LogP contribution in [0.25, 0.3) is 0 Å². The van der Waals surface area contributed by atoms with E-state index in [1.54, 1.807) is 6.92 Å². The number of hydrogen-bond acceptors (Lipinski definition) is 3. The molecular weight excluding hydrogens is 186 g/mol. The van der Waals surface area contributed by atoms with Gasteiger partial charge in [0.15, 0.2) is 0 Å². The average Bonchev–Trinajstić information content (AvgIpc) is 2.16. The summed E-state index contributed by atoms with van der Waals surface area (Å²) in [5, 5.41) is 13.4. The molecule has 0 rings (SSSR count). The van der Waals surface area contributed by atoms with Gasteiger partial charge in [-0.3, -0.25) is 10.0 Å². The summed E-state index contributed by atoms with van der Waals surface area (Å²) in [6.45, 7) is 4.16. The molecule has 0 aliphatic heterocycles. The molecule has 3 amide bonds. The molecule has 0 aliphatic rings. The molecule has 1 atom stereocenters. The molecule has 0 saturated heterocycles. The first-order valence-corrected chi connectivity index (χ1v) is 4.64. The van der Waals surface area contributed by atoms with Crippen LogP contribution in [0.1, 0.15) is 26.7 Å². The second-order valence-electron chi connectivity index (χ2n) is 2.82.